The number of alkyl carbamates (subject to hydrolysis) is 1. The van der Waals surface area contributed by atoms with Crippen LogP contribution in [-0.4, -0.2) is 68.7 Å². The summed E-state index contributed by atoms with van der Waals surface area (Å²) in [6, 6.07) is 9.20. The normalized spacial score (nSPS) is 19.9. The van der Waals surface area contributed by atoms with Crippen LogP contribution in [0.4, 0.5) is 14.9 Å². The number of aromatic nitrogens is 3. The zero-order chi connectivity index (χ0) is 29.1. The molecule has 0 saturated heterocycles. The average molecular weight is 552 g/mol. The van der Waals surface area contributed by atoms with Gasteiger partial charge < -0.3 is 25.8 Å². The van der Waals surface area contributed by atoms with E-state index < -0.39 is 29.3 Å². The van der Waals surface area contributed by atoms with Crippen LogP contribution in [0, 0.1) is 11.3 Å². The van der Waals surface area contributed by atoms with E-state index in [9.17, 15) is 24.3 Å². The summed E-state index contributed by atoms with van der Waals surface area (Å²) in [6.07, 6.45) is 3.60. The molecule has 3 aromatic rings. The molecule has 1 fully saturated rings. The number of hydrogen-bond acceptors (Lipinski definition) is 8. The Kier molecular flexibility index (Phi) is 8.25. The summed E-state index contributed by atoms with van der Waals surface area (Å²) in [6.45, 7) is 4.30. The first-order valence-corrected chi connectivity index (χ1v) is 13.1. The highest BCUT2D eigenvalue weighted by Gasteiger charge is 2.33. The van der Waals surface area contributed by atoms with Gasteiger partial charge in [-0.25, -0.2) is 13.7 Å². The van der Waals surface area contributed by atoms with Gasteiger partial charge in [0.25, 0.3) is 5.91 Å². The number of ether oxygens (including phenoxy) is 1. The molecule has 0 bridgehead atoms. The summed E-state index contributed by atoms with van der Waals surface area (Å²) < 4.78 is 20.7. The Morgan fingerprint density at radius 3 is 2.67 bits per heavy atom. The first-order valence-electron chi connectivity index (χ1n) is 13.1. The van der Waals surface area contributed by atoms with Crippen LogP contribution < -0.4 is 16.0 Å². The van der Waals surface area contributed by atoms with E-state index in [-0.39, 0.29) is 18.2 Å². The fourth-order valence-corrected chi connectivity index (χ4v) is 4.72. The number of nitrogens with one attached hydrogen (secondary N) is 3. The zero-order valence-electron chi connectivity index (χ0n) is 23.0. The number of carbonyl (C=O) groups excluding carboxylic acids is 2. The van der Waals surface area contributed by atoms with Gasteiger partial charge in [-0.05, 0) is 70.7 Å². The lowest BCUT2D eigenvalue weighted by Gasteiger charge is -2.38. The monoisotopic (exact) mass is 551 g/mol. The highest BCUT2D eigenvalue weighted by molar-refractivity contribution is 6.00. The molecular weight excluding hydrogens is 517 g/mol. The Morgan fingerprint density at radius 2 is 2.02 bits per heavy atom. The summed E-state index contributed by atoms with van der Waals surface area (Å²) in [5.41, 5.74) is 1.11. The van der Waals surface area contributed by atoms with Crippen LogP contribution in [0.3, 0.4) is 0 Å². The number of anilines is 1. The summed E-state index contributed by atoms with van der Waals surface area (Å²) in [4.78, 5) is 29.4. The molecule has 0 radical (unpaired) electrons. The van der Waals surface area contributed by atoms with Crippen LogP contribution in [0.5, 0.6) is 0 Å². The number of hydrogen-bond donors (Lipinski definition) is 4. The number of pyridine rings is 1. The van der Waals surface area contributed by atoms with E-state index in [4.69, 9.17) is 4.74 Å². The van der Waals surface area contributed by atoms with Crippen molar-refractivity contribution in [2.75, 3.05) is 19.0 Å². The first-order chi connectivity index (χ1) is 18.9. The van der Waals surface area contributed by atoms with Crippen molar-refractivity contribution in [1.82, 2.24) is 25.2 Å². The van der Waals surface area contributed by atoms with Gasteiger partial charge in [0.2, 0.25) is 0 Å². The third kappa shape index (κ3) is 6.48. The molecular formula is C28H34FN7O4. The Morgan fingerprint density at radius 1 is 1.30 bits per heavy atom. The van der Waals surface area contributed by atoms with E-state index in [1.54, 1.807) is 16.6 Å². The maximum absolute atomic E-state index is 14.3. The number of methoxy groups -OCH3 is 1. The van der Waals surface area contributed by atoms with E-state index in [1.165, 1.54) is 33.4 Å². The van der Waals surface area contributed by atoms with E-state index in [1.807, 2.05) is 19.1 Å². The molecule has 1 aliphatic carbocycles. The number of rotatable bonds is 8. The fraction of sp³-hybridized carbons (Fsp3) is 0.464. The molecule has 0 unspecified atom stereocenters. The lowest BCUT2D eigenvalue weighted by molar-refractivity contribution is -0.00178. The van der Waals surface area contributed by atoms with E-state index in [0.717, 1.165) is 18.4 Å². The summed E-state index contributed by atoms with van der Waals surface area (Å²) in [7, 11) is 1.33. The van der Waals surface area contributed by atoms with Crippen LogP contribution in [0.15, 0.2) is 36.7 Å². The molecule has 2 amide bonds. The van der Waals surface area contributed by atoms with Gasteiger partial charge in [-0.2, -0.15) is 10.4 Å². The van der Waals surface area contributed by atoms with Gasteiger partial charge in [0.05, 0.1) is 59.2 Å². The molecule has 0 aliphatic heterocycles. The summed E-state index contributed by atoms with van der Waals surface area (Å²) >= 11 is 0. The van der Waals surface area contributed by atoms with Crippen LogP contribution in [0.1, 0.15) is 62.4 Å². The maximum Gasteiger partial charge on any atom is 0.407 e. The molecule has 3 aromatic heterocycles. The third-order valence-corrected chi connectivity index (χ3v) is 7.29. The van der Waals surface area contributed by atoms with Crippen molar-refractivity contribution in [2.24, 2.45) is 0 Å². The van der Waals surface area contributed by atoms with E-state index in [2.05, 4.69) is 32.1 Å². The van der Waals surface area contributed by atoms with Gasteiger partial charge >= 0.3 is 6.09 Å². The average Bonchev–Trinajstić information content (AvgIpc) is 3.35. The minimum atomic E-state index is -1.66. The molecule has 40 heavy (non-hydrogen) atoms. The van der Waals surface area contributed by atoms with Crippen molar-refractivity contribution >= 4 is 23.2 Å². The minimum Gasteiger partial charge on any atom is -0.453 e. The van der Waals surface area contributed by atoms with Gasteiger partial charge in [0.1, 0.15) is 12.2 Å². The molecule has 1 aliphatic rings. The maximum atomic E-state index is 14.3. The first kappa shape index (κ1) is 28.8. The Hall–Kier alpha value is -4.24. The Bertz CT molecular complexity index is 1430. The van der Waals surface area contributed by atoms with Gasteiger partial charge in [-0.1, -0.05) is 0 Å². The summed E-state index contributed by atoms with van der Waals surface area (Å²) in [5.74, 6) is -0.529. The number of alkyl halides is 1. The largest absolute Gasteiger partial charge is 0.453 e. The molecule has 0 spiro atoms. The van der Waals surface area contributed by atoms with Gasteiger partial charge in [-0.15, -0.1) is 0 Å². The molecule has 11 nitrogen and oxygen atoms in total. The van der Waals surface area contributed by atoms with Gasteiger partial charge in [-0.3, -0.25) is 9.78 Å². The second kappa shape index (κ2) is 11.5. The van der Waals surface area contributed by atoms with E-state index in [0.29, 0.717) is 35.5 Å². The third-order valence-electron chi connectivity index (χ3n) is 7.29. The zero-order valence-corrected chi connectivity index (χ0v) is 23.0. The predicted octanol–water partition coefficient (Wildman–Crippen LogP) is 3.58. The topological polar surface area (TPSA) is 154 Å². The van der Waals surface area contributed by atoms with Crippen LogP contribution in [0.2, 0.25) is 0 Å². The summed E-state index contributed by atoms with van der Waals surface area (Å²) in [5, 5.41) is 32.4. The van der Waals surface area contributed by atoms with Crippen molar-refractivity contribution in [3.8, 4) is 17.5 Å². The number of carbonyl (C=O) groups is 2. The molecule has 1 saturated carbocycles. The highest BCUT2D eigenvalue weighted by Crippen LogP contribution is 2.32. The SMILES string of the molecule is COC(=O)N[C@]1(C)CC[C@@H](Nc2cc(-c3ccc4cc(C#N)cnn34)ncc2C(=O)NC[C@@H](F)C(C)(C)O)CC1. The van der Waals surface area contributed by atoms with Crippen molar-refractivity contribution < 1.29 is 23.8 Å². The quantitative estimate of drug-likeness (QED) is 0.331. The predicted molar refractivity (Wildman–Crippen MR) is 146 cm³/mol. The molecule has 0 aromatic carbocycles. The number of fused-ring (bicyclic) bond motifs is 1. The number of nitrogens with zero attached hydrogens (tertiary/aromatic N) is 4. The molecule has 12 heteroatoms. The van der Waals surface area contributed by atoms with Crippen LogP contribution in [-0.2, 0) is 4.74 Å². The minimum absolute atomic E-state index is 0.00000747. The second-order valence-corrected chi connectivity index (χ2v) is 11.0. The fourth-order valence-electron chi connectivity index (χ4n) is 4.72. The molecule has 212 valence electrons. The standard InChI is InChI=1S/C28H34FN7O4/c1-27(2,39)24(29)16-32-25(37)20-15-31-22(23-6-5-19-11-17(13-30)14-33-36(19)23)12-21(20)34-18-7-9-28(3,10-8-18)35-26(38)40-4/h5-6,11-12,14-15,18,24,39H,7-10,16H2,1-4H3,(H,31,34)(H,32,37)(H,35,38)/t18-,24-,28-/m1/s1. The van der Waals surface area contributed by atoms with E-state index >= 15 is 0 Å². The molecule has 4 N–H and O–H groups in total. The number of aliphatic hydroxyl groups is 1. The highest BCUT2D eigenvalue weighted by atomic mass is 19.1. The van der Waals surface area contributed by atoms with Crippen molar-refractivity contribution in [3.05, 3.63) is 47.8 Å². The number of amides is 2. The van der Waals surface area contributed by atoms with Gasteiger partial charge in [0, 0.05) is 17.8 Å². The smallest absolute Gasteiger partial charge is 0.407 e. The molecule has 1 atom stereocenters. The number of halogens is 1. The lowest BCUT2D eigenvalue weighted by Crippen LogP contribution is -2.49. The lowest BCUT2D eigenvalue weighted by atomic mass is 9.80. The Balaban J connectivity index is 1.61. The van der Waals surface area contributed by atoms with Crippen LogP contribution >= 0.6 is 0 Å². The van der Waals surface area contributed by atoms with Crippen molar-refractivity contribution in [1.29, 1.82) is 5.26 Å². The molecule has 4 rings (SSSR count). The number of nitriles is 1. The molecule has 3 heterocycles. The van der Waals surface area contributed by atoms with Crippen LogP contribution in [0.25, 0.3) is 16.9 Å². The van der Waals surface area contributed by atoms with Crippen molar-refractivity contribution in [3.63, 3.8) is 0 Å². The Labute approximate surface area is 231 Å². The van der Waals surface area contributed by atoms with Crippen molar-refractivity contribution in [2.45, 2.75) is 69.8 Å². The second-order valence-electron chi connectivity index (χ2n) is 11.0. The van der Waals surface area contributed by atoms with Gasteiger partial charge in [0.15, 0.2) is 0 Å².